The lowest BCUT2D eigenvalue weighted by molar-refractivity contribution is 0.0927. The summed E-state index contributed by atoms with van der Waals surface area (Å²) in [5, 5.41) is 22.6. The third-order valence-corrected chi connectivity index (χ3v) is 6.62. The van der Waals surface area contributed by atoms with Gasteiger partial charge in [0, 0.05) is 34.5 Å². The van der Waals surface area contributed by atoms with E-state index < -0.39 is 0 Å². The first-order valence-electron chi connectivity index (χ1n) is 13.7. The van der Waals surface area contributed by atoms with E-state index in [1.54, 1.807) is 7.11 Å². The number of aromatic nitrogens is 1. The Kier molecular flexibility index (Phi) is 20.0. The molecule has 3 N–H and O–H groups in total. The Labute approximate surface area is 249 Å². The average Bonchev–Trinajstić information content (AvgIpc) is 3.54. The van der Waals surface area contributed by atoms with Crippen molar-refractivity contribution in [2.24, 2.45) is 0 Å². The van der Waals surface area contributed by atoms with Gasteiger partial charge in [-0.25, -0.2) is 4.98 Å². The third kappa shape index (κ3) is 11.7. The summed E-state index contributed by atoms with van der Waals surface area (Å²) in [5.74, 6) is 0.596. The summed E-state index contributed by atoms with van der Waals surface area (Å²) in [6, 6.07) is 12.3. The van der Waals surface area contributed by atoms with Crippen molar-refractivity contribution in [2.45, 2.75) is 52.0 Å². The van der Waals surface area contributed by atoms with E-state index in [1.165, 1.54) is 30.6 Å². The number of halogens is 1. The van der Waals surface area contributed by atoms with E-state index in [0.717, 1.165) is 40.6 Å². The molecule has 0 saturated heterocycles. The molecule has 0 aliphatic heterocycles. The van der Waals surface area contributed by atoms with E-state index in [0.29, 0.717) is 30.1 Å². The number of alkyl halides is 1. The summed E-state index contributed by atoms with van der Waals surface area (Å²) in [6.45, 7) is 14.1. The lowest BCUT2D eigenvalue weighted by Crippen LogP contribution is -2.36. The second-order valence-corrected chi connectivity index (χ2v) is 9.35. The molecule has 1 aliphatic carbocycles. The van der Waals surface area contributed by atoms with Gasteiger partial charge >= 0.3 is 0 Å². The van der Waals surface area contributed by atoms with E-state index >= 15 is 0 Å². The van der Waals surface area contributed by atoms with Crippen molar-refractivity contribution in [3.05, 3.63) is 66.0 Å². The van der Waals surface area contributed by atoms with E-state index in [2.05, 4.69) is 46.7 Å². The largest absolute Gasteiger partial charge is 0.495 e. The number of hydrogen-bond donors (Lipinski definition) is 3. The van der Waals surface area contributed by atoms with Crippen LogP contribution in [0, 0.1) is 11.3 Å². The maximum atomic E-state index is 12.7. The van der Waals surface area contributed by atoms with E-state index in [4.69, 9.17) is 10.00 Å². The van der Waals surface area contributed by atoms with Crippen molar-refractivity contribution in [3.8, 4) is 23.1 Å². The molecule has 0 spiro atoms. The van der Waals surface area contributed by atoms with Gasteiger partial charge in [0.05, 0.1) is 31.7 Å². The van der Waals surface area contributed by atoms with Crippen LogP contribution >= 0.6 is 11.3 Å². The number of carbonyl (C=O) groups is 1. The van der Waals surface area contributed by atoms with Crippen molar-refractivity contribution in [2.75, 3.05) is 40.2 Å². The zero-order valence-electron chi connectivity index (χ0n) is 25.4. The number of nitriles is 1. The molecule has 0 atom stereocenters. The van der Waals surface area contributed by atoms with Crippen molar-refractivity contribution < 1.29 is 13.9 Å². The van der Waals surface area contributed by atoms with Gasteiger partial charge < -0.3 is 20.7 Å². The molecule has 2 aromatic carbocycles. The highest BCUT2D eigenvalue weighted by molar-refractivity contribution is 7.12. The highest BCUT2D eigenvalue weighted by Crippen LogP contribution is 2.36. The number of hydrogen-bond acceptors (Lipinski definition) is 7. The minimum absolute atomic E-state index is 0.0898. The van der Waals surface area contributed by atoms with Gasteiger partial charge in [-0.3, -0.25) is 9.18 Å². The predicted molar refractivity (Wildman–Crippen MR) is 174 cm³/mol. The molecule has 9 heteroatoms. The van der Waals surface area contributed by atoms with Gasteiger partial charge in [-0.2, -0.15) is 5.26 Å². The molecule has 1 fully saturated rings. The molecule has 1 amide bonds. The number of benzene rings is 2. The van der Waals surface area contributed by atoms with Crippen LogP contribution in [0.5, 0.6) is 5.75 Å². The second kappa shape index (κ2) is 22.0. The van der Waals surface area contributed by atoms with Crippen LogP contribution in [0.15, 0.2) is 61.0 Å². The molecule has 224 valence electrons. The molecule has 1 saturated carbocycles. The van der Waals surface area contributed by atoms with Crippen LogP contribution in [0.3, 0.4) is 0 Å². The molecule has 3 aromatic rings. The zero-order chi connectivity index (χ0) is 31.2. The number of rotatable bonds is 7. The van der Waals surface area contributed by atoms with Crippen LogP contribution in [0.2, 0.25) is 0 Å². The Morgan fingerprint density at radius 1 is 1.15 bits per heavy atom. The fourth-order valence-corrected chi connectivity index (χ4v) is 4.78. The summed E-state index contributed by atoms with van der Waals surface area (Å²) in [4.78, 5) is 17.3. The summed E-state index contributed by atoms with van der Waals surface area (Å²) in [5.41, 5.74) is 2.92. The first-order valence-corrected chi connectivity index (χ1v) is 14.5. The summed E-state index contributed by atoms with van der Waals surface area (Å²) < 4.78 is 15.0. The molecule has 0 radical (unpaired) electrons. The van der Waals surface area contributed by atoms with Gasteiger partial charge in [-0.05, 0) is 44.5 Å². The van der Waals surface area contributed by atoms with E-state index in [1.807, 2.05) is 63.7 Å². The number of thiazole rings is 1. The number of amides is 1. The Balaban J connectivity index is 0.00000161. The number of methoxy groups -OCH3 is 1. The number of carbonyl (C=O) groups excluding carboxylic acids is 1. The lowest BCUT2D eigenvalue weighted by Gasteiger charge is -2.22. The van der Waals surface area contributed by atoms with E-state index in [9.17, 15) is 9.18 Å². The average molecular weight is 584 g/mol. The van der Waals surface area contributed by atoms with Gasteiger partial charge in [-0.1, -0.05) is 57.9 Å². The standard InChI is InChI=1S/C25H26N4O2S.C2H7N.C2H6.C2H4.CH3F/c1-16(13-26)14-27-23-20-12-18(9-8-17(20)10-11-22(23)31-2)21-15-32-25(29-21)24(30)28-19-6-4-3-5-7-19;1-3-2;3*1-2/h8-12,15,19,27H,1,3-7,14H2,2H3,(H,28,30);3H,1-2H3;1-2H3;1-2H2;1H3. The van der Waals surface area contributed by atoms with Gasteiger partial charge in [0.15, 0.2) is 5.01 Å². The molecule has 0 unspecified atom stereocenters. The normalized spacial score (nSPS) is 11.8. The van der Waals surface area contributed by atoms with E-state index in [-0.39, 0.29) is 11.9 Å². The molecule has 1 aliphatic rings. The fraction of sp³-hybridized carbons (Fsp3) is 0.406. The topological polar surface area (TPSA) is 99.1 Å². The highest BCUT2D eigenvalue weighted by atomic mass is 32.1. The number of nitrogens with one attached hydrogen (secondary N) is 3. The number of anilines is 1. The maximum absolute atomic E-state index is 12.7. The Hall–Kier alpha value is -3.74. The Bertz CT molecular complexity index is 1230. The lowest BCUT2D eigenvalue weighted by atomic mass is 9.95. The second-order valence-electron chi connectivity index (χ2n) is 8.49. The molecule has 1 aromatic heterocycles. The van der Waals surface area contributed by atoms with Gasteiger partial charge in [0.1, 0.15) is 5.75 Å². The van der Waals surface area contributed by atoms with Crippen LogP contribution < -0.4 is 20.7 Å². The molecular weight excluding hydrogens is 537 g/mol. The minimum Gasteiger partial charge on any atom is -0.495 e. The summed E-state index contributed by atoms with van der Waals surface area (Å²) in [6.07, 6.45) is 5.69. The number of nitrogens with zero attached hydrogens (tertiary/aromatic N) is 2. The Morgan fingerprint density at radius 3 is 2.34 bits per heavy atom. The van der Waals surface area contributed by atoms with Crippen molar-refractivity contribution in [3.63, 3.8) is 0 Å². The van der Waals surface area contributed by atoms with Crippen molar-refractivity contribution >= 4 is 33.7 Å². The molecule has 7 nitrogen and oxygen atoms in total. The third-order valence-electron chi connectivity index (χ3n) is 5.77. The number of fused-ring (bicyclic) bond motifs is 1. The van der Waals surface area contributed by atoms with Crippen LogP contribution in [0.25, 0.3) is 22.0 Å². The maximum Gasteiger partial charge on any atom is 0.280 e. The molecule has 41 heavy (non-hydrogen) atoms. The summed E-state index contributed by atoms with van der Waals surface area (Å²) in [7, 11) is 5.87. The van der Waals surface area contributed by atoms with Gasteiger partial charge in [0.2, 0.25) is 0 Å². The van der Waals surface area contributed by atoms with Crippen molar-refractivity contribution in [1.82, 2.24) is 15.6 Å². The molecule has 1 heterocycles. The minimum atomic E-state index is -0.0898. The SMILES string of the molecule is C=C.C=C(C#N)CNc1c(OC)ccc2ccc(-c3csc(C(=O)NC4CCCCC4)n3)cc12.CC.CF.CNC. The highest BCUT2D eigenvalue weighted by Gasteiger charge is 2.19. The van der Waals surface area contributed by atoms with Crippen LogP contribution in [-0.4, -0.2) is 51.9 Å². The first kappa shape index (κ1) is 37.3. The van der Waals surface area contributed by atoms with Crippen molar-refractivity contribution in [1.29, 1.82) is 5.26 Å². The predicted octanol–water partition coefficient (Wildman–Crippen LogP) is 7.78. The smallest absolute Gasteiger partial charge is 0.280 e. The molecule has 4 rings (SSSR count). The summed E-state index contributed by atoms with van der Waals surface area (Å²) >= 11 is 1.36. The molecular formula is C32H46FN5O2S. The van der Waals surface area contributed by atoms with Crippen LogP contribution in [0.1, 0.15) is 55.8 Å². The fourth-order valence-electron chi connectivity index (χ4n) is 4.05. The van der Waals surface area contributed by atoms with Crippen LogP contribution in [0.4, 0.5) is 10.1 Å². The Morgan fingerprint density at radius 2 is 1.76 bits per heavy atom. The zero-order valence-corrected chi connectivity index (χ0v) is 26.2. The van der Waals surface area contributed by atoms with Gasteiger partial charge in [-0.15, -0.1) is 24.5 Å². The quantitative estimate of drug-likeness (QED) is 0.194. The van der Waals surface area contributed by atoms with Gasteiger partial charge in [0.25, 0.3) is 5.91 Å². The first-order chi connectivity index (χ1) is 20.0. The van der Waals surface area contributed by atoms with Crippen LogP contribution in [-0.2, 0) is 0 Å². The number of ether oxygens (including phenoxy) is 1. The molecule has 0 bridgehead atoms. The monoisotopic (exact) mass is 583 g/mol.